The van der Waals surface area contributed by atoms with Crippen LogP contribution >= 0.6 is 0 Å². The van der Waals surface area contributed by atoms with Gasteiger partial charge in [0.1, 0.15) is 5.82 Å². The fourth-order valence-electron chi connectivity index (χ4n) is 3.29. The second-order valence-corrected chi connectivity index (χ2v) is 6.17. The predicted octanol–water partition coefficient (Wildman–Crippen LogP) is 5.13. The Morgan fingerprint density at radius 2 is 2.04 bits per heavy atom. The highest BCUT2D eigenvalue weighted by Gasteiger charge is 2.31. The smallest absolute Gasteiger partial charge is 0.410 e. The van der Waals surface area contributed by atoms with E-state index in [9.17, 15) is 22.4 Å². The predicted molar refractivity (Wildman–Crippen MR) is 88.8 cm³/mol. The van der Waals surface area contributed by atoms with Crippen molar-refractivity contribution in [2.75, 3.05) is 0 Å². The molecular formula is C19H15F4NO2. The monoisotopic (exact) mass is 365 g/mol. The van der Waals surface area contributed by atoms with Gasteiger partial charge in [0, 0.05) is 23.2 Å². The van der Waals surface area contributed by atoms with E-state index in [-0.39, 0.29) is 18.9 Å². The Bertz CT molecular complexity index is 915. The molecule has 0 bridgehead atoms. The largest absolute Gasteiger partial charge is 0.478 e. The maximum atomic E-state index is 13.6. The Hall–Kier alpha value is -2.70. The summed E-state index contributed by atoms with van der Waals surface area (Å²) in [5.41, 5.74) is 1.62. The van der Waals surface area contributed by atoms with Crippen molar-refractivity contribution in [3.8, 4) is 0 Å². The molecule has 3 rings (SSSR count). The third-order valence-corrected chi connectivity index (χ3v) is 4.47. The number of aromatic nitrogens is 1. The summed E-state index contributed by atoms with van der Waals surface area (Å²) in [6.07, 6.45) is -0.604. The molecule has 1 heterocycles. The van der Waals surface area contributed by atoms with Crippen LogP contribution in [0.15, 0.2) is 48.2 Å². The van der Waals surface area contributed by atoms with Gasteiger partial charge in [-0.1, -0.05) is 6.08 Å². The summed E-state index contributed by atoms with van der Waals surface area (Å²) in [7, 11) is 0. The van der Waals surface area contributed by atoms with Crippen LogP contribution in [0.1, 0.15) is 24.8 Å². The van der Waals surface area contributed by atoms with Crippen molar-refractivity contribution in [3.05, 3.63) is 59.6 Å². The number of rotatable bonds is 3. The summed E-state index contributed by atoms with van der Waals surface area (Å²) < 4.78 is 51.3. The molecule has 0 amide bonds. The van der Waals surface area contributed by atoms with Crippen LogP contribution in [0.3, 0.4) is 0 Å². The fraction of sp³-hybridized carbons (Fsp3) is 0.263. The number of alkyl halides is 3. The lowest BCUT2D eigenvalue weighted by Gasteiger charge is -2.23. The molecule has 7 heteroatoms. The van der Waals surface area contributed by atoms with Gasteiger partial charge in [-0.3, -0.25) is 4.98 Å². The molecule has 1 N–H and O–H groups in total. The summed E-state index contributed by atoms with van der Waals surface area (Å²) in [5.74, 6) is -2.66. The first-order chi connectivity index (χ1) is 12.2. The lowest BCUT2D eigenvalue weighted by atomic mass is 9.81. The Balaban J connectivity index is 1.92. The molecule has 0 spiro atoms. The van der Waals surface area contributed by atoms with Crippen LogP contribution in [0.25, 0.3) is 16.5 Å². The quantitative estimate of drug-likeness (QED) is 0.606. The number of nitrogens with zero attached hydrogens (tertiary/aromatic N) is 1. The zero-order valence-corrected chi connectivity index (χ0v) is 13.6. The second-order valence-electron chi connectivity index (χ2n) is 6.17. The van der Waals surface area contributed by atoms with Crippen LogP contribution in [0.4, 0.5) is 17.6 Å². The van der Waals surface area contributed by atoms with Gasteiger partial charge in [-0.25, -0.2) is 9.18 Å². The van der Waals surface area contributed by atoms with Gasteiger partial charge in [0.25, 0.3) is 0 Å². The highest BCUT2D eigenvalue weighted by molar-refractivity contribution is 5.92. The number of aliphatic carboxylic acids is 1. The standard InChI is InChI=1S/C19H15F4NO2/c20-13-5-6-17-15(9-13)14(7-8-24-17)11-1-3-12(4-2-11)16(18(25)26)10-19(21,22)23/h1,5-10,12H,2-4H2,(H,25,26). The van der Waals surface area contributed by atoms with Crippen LogP contribution in [0.5, 0.6) is 0 Å². The molecule has 1 aliphatic rings. The van der Waals surface area contributed by atoms with E-state index in [0.717, 1.165) is 11.1 Å². The molecule has 2 aromatic rings. The molecule has 0 radical (unpaired) electrons. The number of benzene rings is 1. The zero-order valence-electron chi connectivity index (χ0n) is 13.6. The number of halogens is 4. The highest BCUT2D eigenvalue weighted by atomic mass is 19.4. The number of hydrogen-bond donors (Lipinski definition) is 1. The van der Waals surface area contributed by atoms with E-state index in [1.807, 2.05) is 0 Å². The molecule has 1 aromatic carbocycles. The maximum absolute atomic E-state index is 13.6. The molecule has 0 saturated heterocycles. The Morgan fingerprint density at radius 3 is 2.65 bits per heavy atom. The van der Waals surface area contributed by atoms with Crippen molar-refractivity contribution < 1.29 is 27.5 Å². The van der Waals surface area contributed by atoms with Gasteiger partial charge in [0.2, 0.25) is 0 Å². The summed E-state index contributed by atoms with van der Waals surface area (Å²) in [5, 5.41) is 9.73. The molecule has 0 aliphatic heterocycles. The summed E-state index contributed by atoms with van der Waals surface area (Å²) in [6, 6.07) is 5.98. The zero-order chi connectivity index (χ0) is 18.9. The molecule has 1 aromatic heterocycles. The molecular weight excluding hydrogens is 350 g/mol. The van der Waals surface area contributed by atoms with Crippen LogP contribution in [0.2, 0.25) is 0 Å². The molecule has 3 nitrogen and oxygen atoms in total. The minimum atomic E-state index is -4.67. The van der Waals surface area contributed by atoms with Gasteiger partial charge in [-0.15, -0.1) is 0 Å². The Morgan fingerprint density at radius 1 is 1.27 bits per heavy atom. The number of fused-ring (bicyclic) bond motifs is 1. The molecule has 1 unspecified atom stereocenters. The van der Waals surface area contributed by atoms with Gasteiger partial charge in [0.15, 0.2) is 0 Å². The SMILES string of the molecule is O=C(O)C(=CC(F)(F)F)C1CC=C(c2ccnc3ccc(F)cc23)CC1. The average Bonchev–Trinajstić information content (AvgIpc) is 2.58. The van der Waals surface area contributed by atoms with Gasteiger partial charge < -0.3 is 5.11 Å². The van der Waals surface area contributed by atoms with E-state index in [1.165, 1.54) is 12.1 Å². The van der Waals surface area contributed by atoms with Gasteiger partial charge in [-0.05, 0) is 60.6 Å². The number of pyridine rings is 1. The van der Waals surface area contributed by atoms with Crippen LogP contribution in [-0.2, 0) is 4.79 Å². The first-order valence-electron chi connectivity index (χ1n) is 8.01. The summed E-state index contributed by atoms with van der Waals surface area (Å²) in [4.78, 5) is 15.4. The molecule has 1 atom stereocenters. The molecule has 1 aliphatic carbocycles. The molecule has 136 valence electrons. The van der Waals surface area contributed by atoms with E-state index in [1.54, 1.807) is 24.4 Å². The molecule has 0 saturated carbocycles. The van der Waals surface area contributed by atoms with Crippen LogP contribution < -0.4 is 0 Å². The second kappa shape index (κ2) is 6.90. The minimum Gasteiger partial charge on any atom is -0.478 e. The first-order valence-corrected chi connectivity index (χ1v) is 8.01. The average molecular weight is 365 g/mol. The fourth-order valence-corrected chi connectivity index (χ4v) is 3.29. The third kappa shape index (κ3) is 3.92. The van der Waals surface area contributed by atoms with E-state index in [0.29, 0.717) is 17.3 Å². The number of allylic oxidation sites excluding steroid dienone is 3. The van der Waals surface area contributed by atoms with Gasteiger partial charge in [0.05, 0.1) is 5.52 Å². The van der Waals surface area contributed by atoms with E-state index in [2.05, 4.69) is 4.98 Å². The summed E-state index contributed by atoms with van der Waals surface area (Å²) in [6.45, 7) is 0. The van der Waals surface area contributed by atoms with E-state index >= 15 is 0 Å². The minimum absolute atomic E-state index is 0.129. The Kier molecular flexibility index (Phi) is 4.80. The number of carboxylic acid groups (broad SMARTS) is 1. The topological polar surface area (TPSA) is 50.2 Å². The third-order valence-electron chi connectivity index (χ3n) is 4.47. The van der Waals surface area contributed by atoms with E-state index in [4.69, 9.17) is 5.11 Å². The summed E-state index contributed by atoms with van der Waals surface area (Å²) >= 11 is 0. The van der Waals surface area contributed by atoms with Gasteiger partial charge >= 0.3 is 12.1 Å². The van der Waals surface area contributed by atoms with Crippen molar-refractivity contribution in [1.82, 2.24) is 4.98 Å². The number of carbonyl (C=O) groups is 1. The normalized spacial score (nSPS) is 18.7. The number of carboxylic acids is 1. The van der Waals surface area contributed by atoms with Crippen molar-refractivity contribution in [3.63, 3.8) is 0 Å². The van der Waals surface area contributed by atoms with Crippen molar-refractivity contribution >= 4 is 22.4 Å². The Labute approximate surface area is 146 Å². The van der Waals surface area contributed by atoms with Crippen molar-refractivity contribution in [1.29, 1.82) is 0 Å². The molecule has 26 heavy (non-hydrogen) atoms. The highest BCUT2D eigenvalue weighted by Crippen LogP contribution is 2.37. The van der Waals surface area contributed by atoms with Crippen LogP contribution in [-0.4, -0.2) is 22.2 Å². The first kappa shape index (κ1) is 18.1. The maximum Gasteiger partial charge on any atom is 0.410 e. The lowest BCUT2D eigenvalue weighted by molar-refractivity contribution is -0.134. The number of hydrogen-bond acceptors (Lipinski definition) is 2. The van der Waals surface area contributed by atoms with E-state index < -0.39 is 29.5 Å². The van der Waals surface area contributed by atoms with Gasteiger partial charge in [-0.2, -0.15) is 13.2 Å². The van der Waals surface area contributed by atoms with Crippen molar-refractivity contribution in [2.24, 2.45) is 5.92 Å². The lowest BCUT2D eigenvalue weighted by Crippen LogP contribution is -2.18. The van der Waals surface area contributed by atoms with Crippen molar-refractivity contribution in [2.45, 2.75) is 25.4 Å². The van der Waals surface area contributed by atoms with Crippen LogP contribution in [0, 0.1) is 11.7 Å². The molecule has 0 fully saturated rings.